The molecule has 15 heteroatoms. The topological polar surface area (TPSA) is 163 Å². The van der Waals surface area contributed by atoms with Gasteiger partial charge in [0.1, 0.15) is 17.8 Å². The summed E-state index contributed by atoms with van der Waals surface area (Å²) in [7, 11) is 5.89. The molecule has 0 bridgehead atoms. The molecule has 1 amide bonds. The summed E-state index contributed by atoms with van der Waals surface area (Å²) >= 11 is 0. The molecule has 3 fully saturated rings. The number of cyclic esters (lactones) is 1. The Kier molecular flexibility index (Phi) is 18.8. The number of likely N-dealkylation sites (N-methyl/N-ethyl adjacent to an activating group) is 1. The molecule has 1 unspecified atom stereocenters. The number of amides is 1. The molecule has 2 aromatic carbocycles. The summed E-state index contributed by atoms with van der Waals surface area (Å²) in [6.45, 7) is 17.3. The molecule has 71 heavy (non-hydrogen) atoms. The third-order valence-electron chi connectivity index (χ3n) is 15.4. The molecule has 13 atom stereocenters. The Morgan fingerprint density at radius 3 is 2.41 bits per heavy atom. The van der Waals surface area contributed by atoms with Crippen LogP contribution < -0.4 is 0 Å². The van der Waals surface area contributed by atoms with Crippen LogP contribution in [-0.4, -0.2) is 150 Å². The monoisotopic (exact) mass is 983 g/mol. The number of pyridine rings is 1. The second-order valence-corrected chi connectivity index (χ2v) is 20.8. The normalized spacial score (nSPS) is 26.9. The molecule has 3 saturated heterocycles. The van der Waals surface area contributed by atoms with Crippen molar-refractivity contribution in [2.45, 2.75) is 161 Å². The van der Waals surface area contributed by atoms with Gasteiger partial charge in [0.05, 0.1) is 47.6 Å². The van der Waals surface area contributed by atoms with E-state index < -0.39 is 83.4 Å². The molecule has 0 aliphatic carbocycles. The Balaban J connectivity index is 1.30. The number of hydrogen-bond acceptors (Lipinski definition) is 14. The SMILES string of the molecule is CC[C@@H](OC(=O)[C@H](C)C(=O)[C@H](C)[C@@H](O[C@@H]1O[C@H](C)C[C@H](N(C)C)[C@H]1OC(=O)c1ccccc1)C(C)(C[C@@H](C)C(C)=O)OC/C=C/c1cnc2ccccc2c1)[C@@]1(C)OC(=O)N(CC[C@@H]2CCCN2C)[C@@H]1C. The number of Topliss-reactive ketones (excluding diaryl/α,β-unsaturated/α-hetero) is 2. The van der Waals surface area contributed by atoms with Gasteiger partial charge in [0.25, 0.3) is 0 Å². The molecule has 0 spiro atoms. The zero-order chi connectivity index (χ0) is 51.8. The van der Waals surface area contributed by atoms with E-state index in [4.69, 9.17) is 28.4 Å². The summed E-state index contributed by atoms with van der Waals surface area (Å²) in [4.78, 5) is 80.3. The summed E-state index contributed by atoms with van der Waals surface area (Å²) in [5, 5.41) is 0.979. The number of likely N-dealkylation sites (tertiary alicyclic amines) is 1. The van der Waals surface area contributed by atoms with E-state index >= 15 is 4.79 Å². The van der Waals surface area contributed by atoms with Crippen molar-refractivity contribution in [3.63, 3.8) is 0 Å². The maximum absolute atomic E-state index is 15.1. The highest BCUT2D eigenvalue weighted by Crippen LogP contribution is 2.40. The first-order chi connectivity index (χ1) is 33.7. The van der Waals surface area contributed by atoms with Gasteiger partial charge in [0.2, 0.25) is 0 Å². The highest BCUT2D eigenvalue weighted by Gasteiger charge is 2.55. The van der Waals surface area contributed by atoms with Crippen molar-refractivity contribution in [3.05, 3.63) is 84.1 Å². The van der Waals surface area contributed by atoms with Crippen molar-refractivity contribution in [3.8, 4) is 0 Å². The number of carbonyl (C=O) groups excluding carboxylic acids is 5. The first-order valence-electron chi connectivity index (χ1n) is 25.5. The first-order valence-corrected chi connectivity index (χ1v) is 25.5. The number of nitrogens with zero attached hydrogens (tertiary/aromatic N) is 4. The van der Waals surface area contributed by atoms with Crippen LogP contribution in [0, 0.1) is 17.8 Å². The van der Waals surface area contributed by atoms with Crippen LogP contribution in [0.3, 0.4) is 0 Å². The molecule has 1 aromatic heterocycles. The molecule has 3 aliphatic rings. The molecular weight excluding hydrogens is 905 g/mol. The smallest absolute Gasteiger partial charge is 0.410 e. The summed E-state index contributed by atoms with van der Waals surface area (Å²) in [6, 6.07) is 18.1. The fourth-order valence-corrected chi connectivity index (χ4v) is 10.6. The lowest BCUT2D eigenvalue weighted by molar-refractivity contribution is -0.296. The molecule has 0 saturated carbocycles. The number of rotatable bonds is 23. The highest BCUT2D eigenvalue weighted by atomic mass is 16.7. The van der Waals surface area contributed by atoms with E-state index in [0.29, 0.717) is 31.0 Å². The second kappa shape index (κ2) is 24.1. The van der Waals surface area contributed by atoms with Gasteiger partial charge < -0.3 is 43.1 Å². The lowest BCUT2D eigenvalue weighted by Gasteiger charge is -2.47. The molecule has 3 aliphatic heterocycles. The minimum absolute atomic E-state index is 0.0447. The van der Waals surface area contributed by atoms with Crippen molar-refractivity contribution < 1.29 is 52.4 Å². The van der Waals surface area contributed by atoms with Crippen LogP contribution in [0.2, 0.25) is 0 Å². The van der Waals surface area contributed by atoms with Gasteiger partial charge in [-0.1, -0.05) is 69.3 Å². The molecule has 0 N–H and O–H groups in total. The van der Waals surface area contributed by atoms with Crippen molar-refractivity contribution in [1.82, 2.24) is 19.7 Å². The average Bonchev–Trinajstić information content (AvgIpc) is 3.86. The fourth-order valence-electron chi connectivity index (χ4n) is 10.6. The predicted octanol–water partition coefficient (Wildman–Crippen LogP) is 8.56. The number of ether oxygens (including phenoxy) is 6. The van der Waals surface area contributed by atoms with Crippen LogP contribution in [0.5, 0.6) is 0 Å². The molecule has 0 radical (unpaired) electrons. The zero-order valence-corrected chi connectivity index (χ0v) is 44.0. The van der Waals surface area contributed by atoms with Crippen LogP contribution in [-0.2, 0) is 42.8 Å². The van der Waals surface area contributed by atoms with E-state index in [1.54, 1.807) is 63.1 Å². The van der Waals surface area contributed by atoms with Crippen molar-refractivity contribution >= 4 is 46.6 Å². The Bertz CT molecular complexity index is 2350. The maximum Gasteiger partial charge on any atom is 0.410 e. The molecule has 6 rings (SSSR count). The second-order valence-electron chi connectivity index (χ2n) is 20.8. The summed E-state index contributed by atoms with van der Waals surface area (Å²) in [5.74, 6) is -4.89. The molecule has 3 aromatic rings. The van der Waals surface area contributed by atoms with E-state index in [1.807, 2.05) is 88.3 Å². The number of aromatic nitrogens is 1. The van der Waals surface area contributed by atoms with E-state index in [0.717, 1.165) is 42.3 Å². The Morgan fingerprint density at radius 1 is 1.04 bits per heavy atom. The minimum Gasteiger partial charge on any atom is -0.458 e. The third kappa shape index (κ3) is 13.1. The third-order valence-corrected chi connectivity index (χ3v) is 15.4. The van der Waals surface area contributed by atoms with Gasteiger partial charge in [-0.2, -0.15) is 0 Å². The number of fused-ring (bicyclic) bond motifs is 1. The van der Waals surface area contributed by atoms with Crippen molar-refractivity contribution in [2.24, 2.45) is 17.8 Å². The van der Waals surface area contributed by atoms with Gasteiger partial charge in [-0.15, -0.1) is 0 Å². The van der Waals surface area contributed by atoms with Gasteiger partial charge in [-0.3, -0.25) is 19.4 Å². The number of esters is 2. The molecule has 388 valence electrons. The van der Waals surface area contributed by atoms with E-state index in [1.165, 1.54) is 13.8 Å². The van der Waals surface area contributed by atoms with E-state index in [-0.39, 0.29) is 31.0 Å². The van der Waals surface area contributed by atoms with Crippen LogP contribution >= 0.6 is 0 Å². The van der Waals surface area contributed by atoms with Crippen LogP contribution in [0.4, 0.5) is 4.79 Å². The Morgan fingerprint density at radius 2 is 1.75 bits per heavy atom. The lowest BCUT2D eigenvalue weighted by atomic mass is 9.78. The number of ketones is 2. The van der Waals surface area contributed by atoms with Gasteiger partial charge in [0, 0.05) is 36.0 Å². The highest BCUT2D eigenvalue weighted by molar-refractivity contribution is 6.00. The molecule has 4 heterocycles. The van der Waals surface area contributed by atoms with Gasteiger partial charge in [-0.25, -0.2) is 9.59 Å². The number of carbonyl (C=O) groups is 5. The Labute approximate surface area is 420 Å². The molecule has 15 nitrogen and oxygen atoms in total. The predicted molar refractivity (Wildman–Crippen MR) is 271 cm³/mol. The first kappa shape index (κ1) is 55.3. The Hall–Kier alpha value is -5.06. The van der Waals surface area contributed by atoms with Crippen LogP contribution in [0.25, 0.3) is 17.0 Å². The largest absolute Gasteiger partial charge is 0.458 e. The van der Waals surface area contributed by atoms with Gasteiger partial charge in [0.15, 0.2) is 23.8 Å². The van der Waals surface area contributed by atoms with Crippen LogP contribution in [0.15, 0.2) is 72.9 Å². The van der Waals surface area contributed by atoms with Crippen molar-refractivity contribution in [1.29, 1.82) is 0 Å². The molecular formula is C56H78N4O11. The van der Waals surface area contributed by atoms with E-state index in [2.05, 4.69) is 16.9 Å². The summed E-state index contributed by atoms with van der Waals surface area (Å²) in [6.07, 6.45) is 4.41. The number of hydrogen-bond donors (Lipinski definition) is 0. The van der Waals surface area contributed by atoms with E-state index in [9.17, 15) is 19.2 Å². The maximum atomic E-state index is 15.1. The summed E-state index contributed by atoms with van der Waals surface area (Å²) in [5.41, 5.74) is -0.503. The standard InChI is InChI=1S/C56H78N4O11/c1-13-47(56(9)40(7)60(54(65)71-56)29-27-44-25-19-28-59(44)12)68-51(63)38(5)48(62)37(4)50(70-53-49(46(58(10)11)31-36(3)67-53)69-52(64)42-22-15-14-16-23-42)55(8,33-35(2)39(6)61)66-30-20-21-41-32-43-24-17-18-26-45(43)57-34-41/h14-18,20-24,26,32,34-38,40,44,46-47,49-50,53H,13,19,25,27-31,33H2,1-12H3/b21-20+/t35-,36-,37+,38-,40-,44+,46+,47-,49-,50-,53+,55?,56+/m1/s1. The zero-order valence-electron chi connectivity index (χ0n) is 44.0. The number of benzene rings is 2. The van der Waals surface area contributed by atoms with Crippen LogP contribution in [0.1, 0.15) is 117 Å². The van der Waals surface area contributed by atoms with Gasteiger partial charge >= 0.3 is 18.0 Å². The number of para-hydroxylation sites is 1. The van der Waals surface area contributed by atoms with Crippen molar-refractivity contribution in [2.75, 3.05) is 40.8 Å². The fraction of sp³-hybridized carbons (Fsp3) is 0.607. The lowest BCUT2D eigenvalue weighted by Crippen LogP contribution is -2.60. The quantitative estimate of drug-likeness (QED) is 0.0504. The van der Waals surface area contributed by atoms with Gasteiger partial charge in [-0.05, 0) is 138 Å². The summed E-state index contributed by atoms with van der Waals surface area (Å²) < 4.78 is 39.0. The average molecular weight is 983 g/mol. The minimum atomic E-state index is -1.38.